The highest BCUT2D eigenvalue weighted by Gasteiger charge is 2.17. The van der Waals surface area contributed by atoms with E-state index < -0.39 is 12.1 Å². The zero-order valence-electron chi connectivity index (χ0n) is 9.59. The van der Waals surface area contributed by atoms with Crippen LogP contribution in [0.15, 0.2) is 42.5 Å². The maximum atomic E-state index is 10.9. The van der Waals surface area contributed by atoms with Gasteiger partial charge in [0.15, 0.2) is 6.10 Å². The van der Waals surface area contributed by atoms with Crippen LogP contribution in [-0.4, -0.2) is 24.3 Å². The van der Waals surface area contributed by atoms with E-state index in [0.29, 0.717) is 6.42 Å². The molecule has 0 aliphatic rings. The molecule has 0 aromatic heterocycles. The first-order chi connectivity index (χ1) is 8.22. The molecule has 2 aromatic rings. The van der Waals surface area contributed by atoms with Crippen LogP contribution in [0, 0.1) is 0 Å². The lowest BCUT2D eigenvalue weighted by Gasteiger charge is -2.12. The highest BCUT2D eigenvalue weighted by Crippen LogP contribution is 2.20. The fourth-order valence-electron chi connectivity index (χ4n) is 1.94. The standard InChI is InChI=1S/C14H14O3/c1-17-13(14(15)16)9-11-7-4-6-10-5-2-3-8-12(10)11/h2-8,13H,9H2,1H3,(H,15,16). The monoisotopic (exact) mass is 230 g/mol. The Morgan fingerprint density at radius 2 is 1.94 bits per heavy atom. The molecule has 1 atom stereocenters. The molecule has 0 bridgehead atoms. The summed E-state index contributed by atoms with van der Waals surface area (Å²) < 4.78 is 4.97. The molecule has 0 saturated heterocycles. The second-order valence-electron chi connectivity index (χ2n) is 3.90. The molecule has 3 nitrogen and oxygen atoms in total. The first kappa shape index (κ1) is 11.6. The van der Waals surface area contributed by atoms with Gasteiger partial charge >= 0.3 is 5.97 Å². The fourth-order valence-corrected chi connectivity index (χ4v) is 1.94. The van der Waals surface area contributed by atoms with Crippen LogP contribution in [0.5, 0.6) is 0 Å². The number of carboxylic acids is 1. The Bertz CT molecular complexity index is 528. The van der Waals surface area contributed by atoms with Gasteiger partial charge in [-0.1, -0.05) is 42.5 Å². The first-order valence-electron chi connectivity index (χ1n) is 5.44. The van der Waals surface area contributed by atoms with Gasteiger partial charge in [0.25, 0.3) is 0 Å². The Morgan fingerprint density at radius 1 is 1.24 bits per heavy atom. The van der Waals surface area contributed by atoms with E-state index in [4.69, 9.17) is 9.84 Å². The smallest absolute Gasteiger partial charge is 0.333 e. The zero-order valence-corrected chi connectivity index (χ0v) is 9.59. The number of aliphatic carboxylic acids is 1. The Hall–Kier alpha value is -1.87. The number of fused-ring (bicyclic) bond motifs is 1. The first-order valence-corrected chi connectivity index (χ1v) is 5.44. The quantitative estimate of drug-likeness (QED) is 0.877. The topological polar surface area (TPSA) is 46.5 Å². The predicted octanol–water partition coefficient (Wildman–Crippen LogP) is 2.48. The largest absolute Gasteiger partial charge is 0.479 e. The number of methoxy groups -OCH3 is 1. The maximum Gasteiger partial charge on any atom is 0.333 e. The SMILES string of the molecule is COC(Cc1cccc2ccccc12)C(=O)O. The third-order valence-corrected chi connectivity index (χ3v) is 2.85. The summed E-state index contributed by atoms with van der Waals surface area (Å²) >= 11 is 0. The molecule has 2 rings (SSSR count). The molecule has 0 spiro atoms. The van der Waals surface area contributed by atoms with E-state index in [1.54, 1.807) is 0 Å². The van der Waals surface area contributed by atoms with E-state index >= 15 is 0 Å². The molecule has 88 valence electrons. The minimum Gasteiger partial charge on any atom is -0.479 e. The van der Waals surface area contributed by atoms with Crippen molar-refractivity contribution in [3.63, 3.8) is 0 Å². The minimum absolute atomic E-state index is 0.382. The summed E-state index contributed by atoms with van der Waals surface area (Å²) in [5, 5.41) is 11.2. The van der Waals surface area contributed by atoms with Gasteiger partial charge in [0.2, 0.25) is 0 Å². The van der Waals surface area contributed by atoms with Gasteiger partial charge in [-0.2, -0.15) is 0 Å². The van der Waals surface area contributed by atoms with Crippen molar-refractivity contribution in [3.05, 3.63) is 48.0 Å². The Labute approximate surface area is 99.6 Å². The summed E-state index contributed by atoms with van der Waals surface area (Å²) in [5.74, 6) is -0.930. The molecule has 0 aliphatic heterocycles. The zero-order chi connectivity index (χ0) is 12.3. The van der Waals surface area contributed by atoms with Gasteiger partial charge in [0.1, 0.15) is 0 Å². The maximum absolute atomic E-state index is 10.9. The lowest BCUT2D eigenvalue weighted by atomic mass is 10.00. The molecule has 0 heterocycles. The van der Waals surface area contributed by atoms with Crippen LogP contribution < -0.4 is 0 Å². The summed E-state index contributed by atoms with van der Waals surface area (Å²) in [6.45, 7) is 0. The Kier molecular flexibility index (Phi) is 3.40. The predicted molar refractivity (Wildman–Crippen MR) is 66.1 cm³/mol. The molecule has 1 N–H and O–H groups in total. The van der Waals surface area contributed by atoms with Crippen LogP contribution >= 0.6 is 0 Å². The van der Waals surface area contributed by atoms with Gasteiger partial charge in [-0.15, -0.1) is 0 Å². The number of rotatable bonds is 4. The molecule has 0 aliphatic carbocycles. The molecule has 1 unspecified atom stereocenters. The van der Waals surface area contributed by atoms with Crippen LogP contribution in [0.4, 0.5) is 0 Å². The normalized spacial score (nSPS) is 12.5. The van der Waals surface area contributed by atoms with Crippen molar-refractivity contribution in [1.29, 1.82) is 0 Å². The van der Waals surface area contributed by atoms with Crippen molar-refractivity contribution >= 4 is 16.7 Å². The number of carbonyl (C=O) groups is 1. The molecule has 0 saturated carbocycles. The van der Waals surface area contributed by atoms with Crippen molar-refractivity contribution in [2.24, 2.45) is 0 Å². The summed E-state index contributed by atoms with van der Waals surface area (Å²) in [6, 6.07) is 13.8. The number of hydrogen-bond acceptors (Lipinski definition) is 2. The molecular formula is C14H14O3. The van der Waals surface area contributed by atoms with Crippen molar-refractivity contribution in [1.82, 2.24) is 0 Å². The highest BCUT2D eigenvalue weighted by atomic mass is 16.5. The second-order valence-corrected chi connectivity index (χ2v) is 3.90. The van der Waals surface area contributed by atoms with E-state index in [0.717, 1.165) is 16.3 Å². The van der Waals surface area contributed by atoms with Crippen LogP contribution in [0.25, 0.3) is 10.8 Å². The van der Waals surface area contributed by atoms with Gasteiger partial charge in [0.05, 0.1) is 0 Å². The third-order valence-electron chi connectivity index (χ3n) is 2.85. The van der Waals surface area contributed by atoms with E-state index in [1.807, 2.05) is 42.5 Å². The Morgan fingerprint density at radius 3 is 2.65 bits per heavy atom. The summed E-state index contributed by atoms with van der Waals surface area (Å²) in [6.07, 6.45) is -0.409. The number of carboxylic acid groups (broad SMARTS) is 1. The van der Waals surface area contributed by atoms with Gasteiger partial charge in [-0.25, -0.2) is 4.79 Å². The molecular weight excluding hydrogens is 216 g/mol. The van der Waals surface area contributed by atoms with E-state index in [2.05, 4.69) is 0 Å². The van der Waals surface area contributed by atoms with Gasteiger partial charge in [0, 0.05) is 13.5 Å². The molecule has 3 heteroatoms. The average molecular weight is 230 g/mol. The highest BCUT2D eigenvalue weighted by molar-refractivity contribution is 5.86. The summed E-state index contributed by atoms with van der Waals surface area (Å²) in [5.41, 5.74) is 0.998. The van der Waals surface area contributed by atoms with Crippen molar-refractivity contribution in [3.8, 4) is 0 Å². The van der Waals surface area contributed by atoms with E-state index in [1.165, 1.54) is 7.11 Å². The third kappa shape index (κ3) is 2.45. The number of ether oxygens (including phenoxy) is 1. The Balaban J connectivity index is 2.38. The number of hydrogen-bond donors (Lipinski definition) is 1. The van der Waals surface area contributed by atoms with Gasteiger partial charge < -0.3 is 9.84 Å². The molecule has 17 heavy (non-hydrogen) atoms. The van der Waals surface area contributed by atoms with Crippen LogP contribution in [0.1, 0.15) is 5.56 Å². The van der Waals surface area contributed by atoms with E-state index in [-0.39, 0.29) is 0 Å². The fraction of sp³-hybridized carbons (Fsp3) is 0.214. The van der Waals surface area contributed by atoms with Gasteiger partial charge in [-0.3, -0.25) is 0 Å². The molecule has 0 amide bonds. The minimum atomic E-state index is -0.930. The van der Waals surface area contributed by atoms with Crippen molar-refractivity contribution in [2.75, 3.05) is 7.11 Å². The summed E-state index contributed by atoms with van der Waals surface area (Å²) in [4.78, 5) is 10.9. The van der Waals surface area contributed by atoms with Crippen LogP contribution in [-0.2, 0) is 16.0 Å². The summed E-state index contributed by atoms with van der Waals surface area (Å²) in [7, 11) is 1.42. The van der Waals surface area contributed by atoms with Crippen molar-refractivity contribution < 1.29 is 14.6 Å². The van der Waals surface area contributed by atoms with Crippen LogP contribution in [0.2, 0.25) is 0 Å². The lowest BCUT2D eigenvalue weighted by molar-refractivity contribution is -0.148. The average Bonchev–Trinajstić information content (AvgIpc) is 2.35. The lowest BCUT2D eigenvalue weighted by Crippen LogP contribution is -2.24. The van der Waals surface area contributed by atoms with Gasteiger partial charge in [-0.05, 0) is 16.3 Å². The van der Waals surface area contributed by atoms with E-state index in [9.17, 15) is 4.79 Å². The second kappa shape index (κ2) is 4.97. The molecule has 0 radical (unpaired) electrons. The molecule has 2 aromatic carbocycles. The van der Waals surface area contributed by atoms with Crippen molar-refractivity contribution in [2.45, 2.75) is 12.5 Å². The number of benzene rings is 2. The van der Waals surface area contributed by atoms with Crippen LogP contribution in [0.3, 0.4) is 0 Å². The molecule has 0 fully saturated rings.